The van der Waals surface area contributed by atoms with Gasteiger partial charge in [-0.15, -0.1) is 0 Å². The number of guanidine groups is 1. The smallest absolute Gasteiger partial charge is 0.194 e. The summed E-state index contributed by atoms with van der Waals surface area (Å²) in [5.74, 6) is 1.40. The molecule has 0 aromatic heterocycles. The second-order valence-electron chi connectivity index (χ2n) is 8.18. The van der Waals surface area contributed by atoms with Gasteiger partial charge in [-0.05, 0) is 45.0 Å². The van der Waals surface area contributed by atoms with Crippen molar-refractivity contribution < 1.29 is 5.11 Å². The zero-order valence-electron chi connectivity index (χ0n) is 18.9. The molecular formula is C23H40N6O. The molecule has 30 heavy (non-hydrogen) atoms. The highest BCUT2D eigenvalue weighted by Gasteiger charge is 2.21. The van der Waals surface area contributed by atoms with Gasteiger partial charge >= 0.3 is 0 Å². The van der Waals surface area contributed by atoms with Gasteiger partial charge in [-0.3, -0.25) is 4.99 Å². The van der Waals surface area contributed by atoms with E-state index in [4.69, 9.17) is 4.99 Å². The van der Waals surface area contributed by atoms with Crippen LogP contribution in [0.5, 0.6) is 5.75 Å². The maximum Gasteiger partial charge on any atom is 0.194 e. The van der Waals surface area contributed by atoms with E-state index in [1.165, 1.54) is 45.7 Å². The zero-order valence-corrected chi connectivity index (χ0v) is 18.9. The van der Waals surface area contributed by atoms with Crippen molar-refractivity contribution in [1.29, 1.82) is 0 Å². The topological polar surface area (TPSA) is 57.6 Å². The van der Waals surface area contributed by atoms with Gasteiger partial charge in [0.15, 0.2) is 5.96 Å². The van der Waals surface area contributed by atoms with E-state index in [1.54, 1.807) is 6.07 Å². The van der Waals surface area contributed by atoms with Crippen molar-refractivity contribution in [2.45, 2.75) is 26.7 Å². The van der Waals surface area contributed by atoms with Crippen LogP contribution in [0.25, 0.3) is 0 Å². The highest BCUT2D eigenvalue weighted by Crippen LogP contribution is 2.27. The number of piperazine rings is 2. The molecule has 1 aromatic rings. The first-order valence-electron chi connectivity index (χ1n) is 11.7. The van der Waals surface area contributed by atoms with Crippen molar-refractivity contribution in [2.75, 3.05) is 83.4 Å². The zero-order chi connectivity index (χ0) is 21.2. The number of hydrogen-bond donors (Lipinski definition) is 2. The lowest BCUT2D eigenvalue weighted by atomic mass is 10.2. The minimum absolute atomic E-state index is 0.364. The van der Waals surface area contributed by atoms with E-state index in [9.17, 15) is 5.11 Å². The van der Waals surface area contributed by atoms with Gasteiger partial charge in [0.25, 0.3) is 0 Å². The molecule has 0 spiro atoms. The Hall–Kier alpha value is -1.99. The Bertz CT molecular complexity index is 651. The Kier molecular flexibility index (Phi) is 9.08. The van der Waals surface area contributed by atoms with Crippen LogP contribution in [0.4, 0.5) is 5.69 Å². The first-order valence-corrected chi connectivity index (χ1v) is 11.7. The van der Waals surface area contributed by atoms with E-state index in [1.807, 2.05) is 18.2 Å². The molecule has 7 heteroatoms. The van der Waals surface area contributed by atoms with Gasteiger partial charge in [0, 0.05) is 65.4 Å². The molecule has 7 nitrogen and oxygen atoms in total. The number of anilines is 1. The number of likely N-dealkylation sites (N-methyl/N-ethyl adjacent to an activating group) is 1. The molecule has 3 rings (SSSR count). The van der Waals surface area contributed by atoms with Crippen molar-refractivity contribution in [3.63, 3.8) is 0 Å². The summed E-state index contributed by atoms with van der Waals surface area (Å²) in [6.07, 6.45) is 2.36. The fourth-order valence-electron chi connectivity index (χ4n) is 4.28. The molecule has 2 aliphatic heterocycles. The van der Waals surface area contributed by atoms with E-state index < -0.39 is 0 Å². The lowest BCUT2D eigenvalue weighted by Gasteiger charge is -2.37. The minimum Gasteiger partial charge on any atom is -0.506 e. The van der Waals surface area contributed by atoms with Crippen LogP contribution in [-0.4, -0.2) is 104 Å². The summed E-state index contributed by atoms with van der Waals surface area (Å²) in [6.45, 7) is 17.0. The summed E-state index contributed by atoms with van der Waals surface area (Å²) in [5, 5.41) is 13.6. The predicted octanol–water partition coefficient (Wildman–Crippen LogP) is 1.90. The lowest BCUT2D eigenvalue weighted by molar-refractivity contribution is 0.136. The SMILES string of the molecule is CCNC(=NCCCCN1CCN(CC)CC1)N1CCN(c2ccccc2O)CC1. The van der Waals surface area contributed by atoms with Crippen molar-refractivity contribution in [3.05, 3.63) is 24.3 Å². The minimum atomic E-state index is 0.364. The number of rotatable bonds is 8. The molecule has 2 saturated heterocycles. The quantitative estimate of drug-likeness (QED) is 0.384. The Morgan fingerprint density at radius 1 is 0.933 bits per heavy atom. The van der Waals surface area contributed by atoms with Crippen LogP contribution in [0.2, 0.25) is 0 Å². The van der Waals surface area contributed by atoms with Crippen molar-refractivity contribution in [2.24, 2.45) is 4.99 Å². The molecule has 2 fully saturated rings. The summed E-state index contributed by atoms with van der Waals surface area (Å²) in [6, 6.07) is 7.61. The highest BCUT2D eigenvalue weighted by atomic mass is 16.3. The van der Waals surface area contributed by atoms with Crippen LogP contribution in [0.3, 0.4) is 0 Å². The molecule has 0 radical (unpaired) electrons. The van der Waals surface area contributed by atoms with Crippen molar-refractivity contribution in [3.8, 4) is 5.75 Å². The molecule has 0 bridgehead atoms. The second kappa shape index (κ2) is 12.0. The number of hydrogen-bond acceptors (Lipinski definition) is 5. The Morgan fingerprint density at radius 2 is 1.63 bits per heavy atom. The Balaban J connectivity index is 1.40. The van der Waals surface area contributed by atoms with Crippen LogP contribution in [0, 0.1) is 0 Å². The average Bonchev–Trinajstić information content (AvgIpc) is 2.79. The van der Waals surface area contributed by atoms with Crippen LogP contribution < -0.4 is 10.2 Å². The van der Waals surface area contributed by atoms with Gasteiger partial charge in [-0.25, -0.2) is 0 Å². The Morgan fingerprint density at radius 3 is 2.30 bits per heavy atom. The standard InChI is InChI=1S/C23H40N6O/c1-3-24-23(25-11-7-8-12-27-15-13-26(4-2)14-16-27)29-19-17-28(18-20-29)21-9-5-6-10-22(21)30/h5-6,9-10,30H,3-4,7-8,11-20H2,1-2H3,(H,24,25). The maximum atomic E-state index is 10.1. The van der Waals surface area contributed by atoms with Crippen molar-refractivity contribution >= 4 is 11.6 Å². The van der Waals surface area contributed by atoms with E-state index >= 15 is 0 Å². The summed E-state index contributed by atoms with van der Waals surface area (Å²) in [4.78, 5) is 14.6. The number of nitrogens with zero attached hydrogens (tertiary/aromatic N) is 5. The fourth-order valence-corrected chi connectivity index (χ4v) is 4.28. The molecule has 1 aromatic carbocycles. The predicted molar refractivity (Wildman–Crippen MR) is 126 cm³/mol. The fraction of sp³-hybridized carbons (Fsp3) is 0.696. The van der Waals surface area contributed by atoms with E-state index in [-0.39, 0.29) is 0 Å². The Labute approximate surface area is 182 Å². The monoisotopic (exact) mass is 416 g/mol. The summed E-state index contributed by atoms with van der Waals surface area (Å²) in [5.41, 5.74) is 0.929. The molecule has 0 amide bonds. The number of unbranched alkanes of at least 4 members (excludes halogenated alkanes) is 1. The van der Waals surface area contributed by atoms with Gasteiger partial charge in [-0.2, -0.15) is 0 Å². The number of para-hydroxylation sites is 2. The van der Waals surface area contributed by atoms with Gasteiger partial charge in [-0.1, -0.05) is 19.1 Å². The summed E-state index contributed by atoms with van der Waals surface area (Å²) >= 11 is 0. The lowest BCUT2D eigenvalue weighted by Crippen LogP contribution is -2.52. The number of benzene rings is 1. The number of aliphatic imine (C=N–C) groups is 1. The van der Waals surface area contributed by atoms with Gasteiger partial charge < -0.3 is 30.0 Å². The molecule has 168 valence electrons. The summed E-state index contributed by atoms with van der Waals surface area (Å²) in [7, 11) is 0. The molecule has 0 atom stereocenters. The highest BCUT2D eigenvalue weighted by molar-refractivity contribution is 5.80. The molecule has 2 aliphatic rings. The summed E-state index contributed by atoms with van der Waals surface area (Å²) < 4.78 is 0. The number of phenolic OH excluding ortho intramolecular Hbond substituents is 1. The largest absolute Gasteiger partial charge is 0.506 e. The molecule has 0 saturated carbocycles. The third-order valence-corrected chi connectivity index (χ3v) is 6.19. The third-order valence-electron chi connectivity index (χ3n) is 6.19. The molecule has 0 aliphatic carbocycles. The average molecular weight is 417 g/mol. The van der Waals surface area contributed by atoms with Crippen LogP contribution in [0.1, 0.15) is 26.7 Å². The number of aromatic hydroxyl groups is 1. The number of phenols is 1. The van der Waals surface area contributed by atoms with Crippen molar-refractivity contribution in [1.82, 2.24) is 20.0 Å². The number of nitrogens with one attached hydrogen (secondary N) is 1. The van der Waals surface area contributed by atoms with Crippen LogP contribution >= 0.6 is 0 Å². The van der Waals surface area contributed by atoms with Gasteiger partial charge in [0.05, 0.1) is 5.69 Å². The van der Waals surface area contributed by atoms with Crippen LogP contribution in [0.15, 0.2) is 29.3 Å². The molecule has 2 heterocycles. The third kappa shape index (κ3) is 6.51. The maximum absolute atomic E-state index is 10.1. The van der Waals surface area contributed by atoms with E-state index in [0.29, 0.717) is 5.75 Å². The van der Waals surface area contributed by atoms with Crippen LogP contribution in [-0.2, 0) is 0 Å². The molecule has 0 unspecified atom stereocenters. The molecular weight excluding hydrogens is 376 g/mol. The van der Waals surface area contributed by atoms with Gasteiger partial charge in [0.2, 0.25) is 0 Å². The first-order chi connectivity index (χ1) is 14.7. The molecule has 2 N–H and O–H groups in total. The van der Waals surface area contributed by atoms with E-state index in [0.717, 1.165) is 57.3 Å². The first kappa shape index (κ1) is 22.7. The second-order valence-corrected chi connectivity index (χ2v) is 8.18. The normalized spacial score (nSPS) is 19.3. The van der Waals surface area contributed by atoms with E-state index in [2.05, 4.69) is 38.8 Å². The van der Waals surface area contributed by atoms with Gasteiger partial charge in [0.1, 0.15) is 5.75 Å².